The topological polar surface area (TPSA) is 88.0 Å². The van der Waals surface area contributed by atoms with Crippen molar-refractivity contribution >= 4 is 5.97 Å². The van der Waals surface area contributed by atoms with Gasteiger partial charge in [0, 0.05) is 0 Å². The van der Waals surface area contributed by atoms with Gasteiger partial charge in [0.25, 0.3) is 0 Å². The molecule has 14 heavy (non-hydrogen) atoms. The molecule has 0 aliphatic heterocycles. The average Bonchev–Trinajstić information content (AvgIpc) is 2.72. The zero-order chi connectivity index (χ0) is 10.2. The molecular weight excluding hydrogens is 186 g/mol. The molecule has 0 amide bonds. The maximum absolute atomic E-state index is 11.3. The van der Waals surface area contributed by atoms with Crippen LogP contribution in [0.2, 0.25) is 0 Å². The number of carbonyl (C=O) groups is 1. The van der Waals surface area contributed by atoms with Crippen molar-refractivity contribution in [2.45, 2.75) is 31.2 Å². The van der Waals surface area contributed by atoms with Gasteiger partial charge in [-0.15, -0.1) is 0 Å². The number of carboxylic acid groups (broad SMARTS) is 1. The number of aromatic amines is 1. The molecule has 0 saturated heterocycles. The highest BCUT2D eigenvalue weighted by molar-refractivity contribution is 5.77. The van der Waals surface area contributed by atoms with Crippen LogP contribution in [0.4, 0.5) is 0 Å². The van der Waals surface area contributed by atoms with E-state index in [2.05, 4.69) is 10.2 Å². The highest BCUT2D eigenvalue weighted by Gasteiger charge is 2.44. The normalized spacial score (nSPS) is 19.7. The summed E-state index contributed by atoms with van der Waals surface area (Å²) in [5.41, 5.74) is -1.52. The first-order valence-electron chi connectivity index (χ1n) is 4.53. The average molecular weight is 197 g/mol. The van der Waals surface area contributed by atoms with Crippen LogP contribution in [0.15, 0.2) is 11.1 Å². The van der Waals surface area contributed by atoms with Crippen LogP contribution in [0.3, 0.4) is 0 Å². The Bertz CT molecular complexity index is 400. The smallest absolute Gasteiger partial charge is 0.344 e. The minimum Gasteiger partial charge on any atom is -0.479 e. The summed E-state index contributed by atoms with van der Waals surface area (Å²) in [6.07, 6.45) is 3.94. The Balaban J connectivity index is 2.52. The molecule has 1 heterocycles. The van der Waals surface area contributed by atoms with Crippen molar-refractivity contribution in [2.24, 2.45) is 0 Å². The number of aliphatic carboxylic acids is 1. The van der Waals surface area contributed by atoms with Crippen LogP contribution in [0, 0.1) is 0 Å². The van der Waals surface area contributed by atoms with Gasteiger partial charge in [0.1, 0.15) is 11.9 Å². The van der Waals surface area contributed by atoms with Crippen molar-refractivity contribution < 1.29 is 9.90 Å². The number of aromatic nitrogens is 3. The predicted molar refractivity (Wildman–Crippen MR) is 46.9 cm³/mol. The summed E-state index contributed by atoms with van der Waals surface area (Å²) < 4.78 is 1.20. The molecule has 1 aliphatic carbocycles. The molecule has 0 aromatic carbocycles. The summed E-state index contributed by atoms with van der Waals surface area (Å²) in [5.74, 6) is -0.946. The van der Waals surface area contributed by atoms with E-state index in [9.17, 15) is 9.59 Å². The van der Waals surface area contributed by atoms with E-state index in [4.69, 9.17) is 5.11 Å². The van der Waals surface area contributed by atoms with Crippen molar-refractivity contribution in [3.63, 3.8) is 0 Å². The molecule has 6 heteroatoms. The summed E-state index contributed by atoms with van der Waals surface area (Å²) in [6, 6.07) is 0. The van der Waals surface area contributed by atoms with E-state index in [0.717, 1.165) is 12.8 Å². The van der Waals surface area contributed by atoms with Gasteiger partial charge in [-0.3, -0.25) is 4.57 Å². The molecule has 0 unspecified atom stereocenters. The minimum absolute atomic E-state index is 0.450. The first kappa shape index (κ1) is 8.98. The van der Waals surface area contributed by atoms with Gasteiger partial charge in [-0.1, -0.05) is 12.8 Å². The van der Waals surface area contributed by atoms with Crippen molar-refractivity contribution in [2.75, 3.05) is 0 Å². The van der Waals surface area contributed by atoms with Crippen molar-refractivity contribution in [1.29, 1.82) is 0 Å². The Hall–Kier alpha value is -1.59. The maximum Gasteiger partial charge on any atom is 0.344 e. The Morgan fingerprint density at radius 1 is 1.57 bits per heavy atom. The highest BCUT2D eigenvalue weighted by atomic mass is 16.4. The molecule has 2 N–H and O–H groups in total. The second-order valence-corrected chi connectivity index (χ2v) is 3.58. The maximum atomic E-state index is 11.3. The molecule has 0 spiro atoms. The molecule has 1 aliphatic rings. The number of hydrogen-bond donors (Lipinski definition) is 2. The molecule has 2 rings (SSSR count). The van der Waals surface area contributed by atoms with Gasteiger partial charge in [0.15, 0.2) is 0 Å². The van der Waals surface area contributed by atoms with Gasteiger partial charge in [-0.2, -0.15) is 5.10 Å². The Morgan fingerprint density at radius 3 is 2.64 bits per heavy atom. The predicted octanol–water partition coefficient (Wildman–Crippen LogP) is -0.0747. The van der Waals surface area contributed by atoms with E-state index < -0.39 is 17.2 Å². The summed E-state index contributed by atoms with van der Waals surface area (Å²) in [4.78, 5) is 22.5. The van der Waals surface area contributed by atoms with Crippen LogP contribution in [0.25, 0.3) is 0 Å². The SMILES string of the molecule is O=C(O)C1(n2cn[nH]c2=O)CCCC1. The van der Waals surface area contributed by atoms with Gasteiger partial charge >= 0.3 is 11.7 Å². The summed E-state index contributed by atoms with van der Waals surface area (Å²) in [5, 5.41) is 14.9. The van der Waals surface area contributed by atoms with Crippen molar-refractivity contribution in [1.82, 2.24) is 14.8 Å². The third kappa shape index (κ3) is 1.07. The number of rotatable bonds is 2. The van der Waals surface area contributed by atoms with Gasteiger partial charge < -0.3 is 5.11 Å². The fourth-order valence-corrected chi connectivity index (χ4v) is 2.07. The van der Waals surface area contributed by atoms with E-state index in [1.165, 1.54) is 10.9 Å². The number of nitrogens with zero attached hydrogens (tertiary/aromatic N) is 2. The number of nitrogens with one attached hydrogen (secondary N) is 1. The first-order chi connectivity index (χ1) is 6.67. The number of carboxylic acids is 1. The fourth-order valence-electron chi connectivity index (χ4n) is 2.07. The van der Waals surface area contributed by atoms with Gasteiger partial charge in [-0.05, 0) is 12.8 Å². The van der Waals surface area contributed by atoms with Gasteiger partial charge in [-0.25, -0.2) is 14.7 Å². The second-order valence-electron chi connectivity index (χ2n) is 3.58. The molecule has 1 aromatic heterocycles. The second kappa shape index (κ2) is 2.97. The lowest BCUT2D eigenvalue weighted by Crippen LogP contribution is -2.44. The van der Waals surface area contributed by atoms with E-state index in [-0.39, 0.29) is 0 Å². The fraction of sp³-hybridized carbons (Fsp3) is 0.625. The zero-order valence-electron chi connectivity index (χ0n) is 7.56. The summed E-state index contributed by atoms with van der Waals surface area (Å²) in [6.45, 7) is 0. The van der Waals surface area contributed by atoms with Crippen LogP contribution in [-0.4, -0.2) is 25.8 Å². The van der Waals surface area contributed by atoms with Crippen molar-refractivity contribution in [3.8, 4) is 0 Å². The molecule has 1 fully saturated rings. The Kier molecular flexibility index (Phi) is 1.90. The molecule has 6 nitrogen and oxygen atoms in total. The van der Waals surface area contributed by atoms with Crippen LogP contribution < -0.4 is 5.69 Å². The molecule has 0 atom stereocenters. The minimum atomic E-state index is -1.07. The third-order valence-corrected chi connectivity index (χ3v) is 2.84. The largest absolute Gasteiger partial charge is 0.479 e. The first-order valence-corrected chi connectivity index (χ1v) is 4.53. The molecule has 1 aromatic rings. The Labute approximate surface area is 79.6 Å². The van der Waals surface area contributed by atoms with E-state index >= 15 is 0 Å². The number of H-pyrrole nitrogens is 1. The third-order valence-electron chi connectivity index (χ3n) is 2.84. The molecule has 1 saturated carbocycles. The van der Waals surface area contributed by atoms with Crippen LogP contribution >= 0.6 is 0 Å². The quantitative estimate of drug-likeness (QED) is 0.694. The summed E-state index contributed by atoms with van der Waals surface area (Å²) in [7, 11) is 0. The molecule has 0 bridgehead atoms. The lowest BCUT2D eigenvalue weighted by Gasteiger charge is -2.23. The van der Waals surface area contributed by atoms with E-state index in [1.807, 2.05) is 0 Å². The van der Waals surface area contributed by atoms with Gasteiger partial charge in [0.05, 0.1) is 0 Å². The zero-order valence-corrected chi connectivity index (χ0v) is 7.56. The monoisotopic (exact) mass is 197 g/mol. The lowest BCUT2D eigenvalue weighted by atomic mass is 9.98. The molecular formula is C8H11N3O3. The molecule has 76 valence electrons. The lowest BCUT2D eigenvalue weighted by molar-refractivity contribution is -0.147. The van der Waals surface area contributed by atoms with Gasteiger partial charge in [0.2, 0.25) is 0 Å². The summed E-state index contributed by atoms with van der Waals surface area (Å²) >= 11 is 0. The van der Waals surface area contributed by atoms with E-state index in [0.29, 0.717) is 12.8 Å². The number of hydrogen-bond acceptors (Lipinski definition) is 3. The van der Waals surface area contributed by atoms with Crippen LogP contribution in [0.1, 0.15) is 25.7 Å². The standard InChI is InChI=1S/C8H11N3O3/c12-6(13)8(3-1-2-4-8)11-5-9-10-7(11)14/h5H,1-4H2,(H,10,14)(H,12,13). The highest BCUT2D eigenvalue weighted by Crippen LogP contribution is 2.35. The van der Waals surface area contributed by atoms with Crippen LogP contribution in [-0.2, 0) is 10.3 Å². The van der Waals surface area contributed by atoms with E-state index in [1.54, 1.807) is 0 Å². The molecule has 0 radical (unpaired) electrons. The van der Waals surface area contributed by atoms with Crippen LogP contribution in [0.5, 0.6) is 0 Å². The van der Waals surface area contributed by atoms with Crippen molar-refractivity contribution in [3.05, 3.63) is 16.8 Å². The Morgan fingerprint density at radius 2 is 2.21 bits per heavy atom.